The number of aromatic nitrogens is 1. The Morgan fingerprint density at radius 1 is 0.844 bits per heavy atom. The van der Waals surface area contributed by atoms with Crippen LogP contribution in [0.3, 0.4) is 0 Å². The first kappa shape index (κ1) is 42.5. The monoisotopic (exact) mass is 899 g/mol. The second kappa shape index (κ2) is 16.7. The van der Waals surface area contributed by atoms with Gasteiger partial charge in [0.25, 0.3) is 5.91 Å². The van der Waals surface area contributed by atoms with Gasteiger partial charge in [-0.25, -0.2) is 17.5 Å². The highest BCUT2D eigenvalue weighted by atomic mass is 32.2. The number of rotatable bonds is 12. The van der Waals surface area contributed by atoms with Crippen LogP contribution in [0, 0.1) is 0 Å². The van der Waals surface area contributed by atoms with E-state index in [2.05, 4.69) is 21.4 Å². The lowest BCUT2D eigenvalue weighted by Gasteiger charge is -2.36. The van der Waals surface area contributed by atoms with E-state index < -0.39 is 21.6 Å². The minimum Gasteiger partial charge on any atom is -0.508 e. The third kappa shape index (κ3) is 7.92. The number of ether oxygens (including phenoxy) is 2. The summed E-state index contributed by atoms with van der Waals surface area (Å²) in [6.45, 7) is 1.20. The van der Waals surface area contributed by atoms with Crippen molar-refractivity contribution >= 4 is 61.6 Å². The van der Waals surface area contributed by atoms with Gasteiger partial charge in [0, 0.05) is 94.9 Å². The highest BCUT2D eigenvalue weighted by Crippen LogP contribution is 2.57. The molecule has 0 atom stereocenters. The summed E-state index contributed by atoms with van der Waals surface area (Å²) < 4.78 is 40.3. The van der Waals surface area contributed by atoms with Crippen molar-refractivity contribution in [1.29, 1.82) is 0 Å². The number of nitrogens with zero attached hydrogens (tertiary/aromatic N) is 2. The number of hydrogen-bond donors (Lipinski definition) is 5. The molecule has 0 radical (unpaired) electrons. The predicted molar refractivity (Wildman–Crippen MR) is 245 cm³/mol. The molecular weight excluding hydrogens is 855 g/mol. The third-order valence-electron chi connectivity index (χ3n) is 12.3. The van der Waals surface area contributed by atoms with E-state index in [-0.39, 0.29) is 58.4 Å². The van der Waals surface area contributed by atoms with Gasteiger partial charge in [-0.1, -0.05) is 49.0 Å². The van der Waals surface area contributed by atoms with E-state index in [0.29, 0.717) is 79.1 Å². The molecule has 1 fully saturated rings. The SMILES string of the molecule is CS(=O)(=O)N1CCC(n2cc(-c3cccc(C(N)=S)c3)c3ccc(NC(=O)CCCCCNC(=O)c4ccc5c(c4)C(=O)OC54c5ccc(O)cc5Oc5cc(O)ccc54)cc32)CC1. The van der Waals surface area contributed by atoms with E-state index in [1.54, 1.807) is 24.3 Å². The lowest BCUT2D eigenvalue weighted by molar-refractivity contribution is -0.116. The molecule has 0 unspecified atom stereocenters. The largest absolute Gasteiger partial charge is 0.508 e. The average molecular weight is 900 g/mol. The molecule has 6 N–H and O–H groups in total. The fourth-order valence-corrected chi connectivity index (χ4v) is 10.1. The lowest BCUT2D eigenvalue weighted by atomic mass is 9.77. The number of benzene rings is 5. The maximum absolute atomic E-state index is 13.5. The first-order chi connectivity index (χ1) is 30.7. The molecule has 6 aromatic rings. The number of unbranched alkanes of at least 4 members (excludes halogenated alkanes) is 2. The molecule has 1 saturated heterocycles. The molecule has 4 heterocycles. The highest BCUT2D eigenvalue weighted by molar-refractivity contribution is 7.88. The van der Waals surface area contributed by atoms with E-state index in [1.165, 1.54) is 40.9 Å². The average Bonchev–Trinajstić information content (AvgIpc) is 3.79. The van der Waals surface area contributed by atoms with Crippen molar-refractivity contribution in [1.82, 2.24) is 14.2 Å². The molecule has 1 spiro atoms. The van der Waals surface area contributed by atoms with Crippen LogP contribution in [-0.4, -0.2) is 76.2 Å². The predicted octanol–water partition coefficient (Wildman–Crippen LogP) is 7.45. The number of sulfonamides is 1. The number of hydrogen-bond acceptors (Lipinski definition) is 10. The first-order valence-corrected chi connectivity index (χ1v) is 23.3. The number of phenols is 2. The summed E-state index contributed by atoms with van der Waals surface area (Å²) in [5.41, 5.74) is 10.7. The molecule has 9 rings (SSSR count). The molecule has 0 saturated carbocycles. The Bertz CT molecular complexity index is 2960. The number of amides is 2. The molecule has 0 aliphatic carbocycles. The zero-order chi connectivity index (χ0) is 44.9. The van der Waals surface area contributed by atoms with Crippen molar-refractivity contribution < 1.29 is 42.5 Å². The van der Waals surface area contributed by atoms with Crippen LogP contribution in [0.4, 0.5) is 5.69 Å². The number of aromatic hydroxyl groups is 2. The molecule has 1 aromatic heterocycles. The normalized spacial score (nSPS) is 15.5. The van der Waals surface area contributed by atoms with Gasteiger partial charge in [0.05, 0.1) is 17.3 Å². The number of esters is 1. The van der Waals surface area contributed by atoms with E-state index in [1.807, 2.05) is 42.5 Å². The van der Waals surface area contributed by atoms with E-state index >= 15 is 0 Å². The number of phenolic OH excluding ortho intramolecular Hbond substituents is 2. The molecule has 328 valence electrons. The molecule has 14 nitrogen and oxygen atoms in total. The number of thiocarbonyl (C=S) groups is 1. The van der Waals surface area contributed by atoms with Crippen molar-refractivity contribution in [3.05, 3.63) is 137 Å². The van der Waals surface area contributed by atoms with Crippen molar-refractivity contribution in [2.24, 2.45) is 5.73 Å². The van der Waals surface area contributed by atoms with Crippen molar-refractivity contribution in [2.75, 3.05) is 31.2 Å². The molecular formula is C48H45N5O9S2. The Morgan fingerprint density at radius 3 is 2.23 bits per heavy atom. The molecule has 2 amide bonds. The summed E-state index contributed by atoms with van der Waals surface area (Å²) >= 11 is 5.24. The van der Waals surface area contributed by atoms with Gasteiger partial charge >= 0.3 is 5.97 Å². The van der Waals surface area contributed by atoms with Crippen LogP contribution in [0.15, 0.2) is 103 Å². The van der Waals surface area contributed by atoms with Gasteiger partial charge in [-0.3, -0.25) is 9.59 Å². The standard InChI is InChI=1S/C48H45N5O9S2/c1-64(59,60)52-20-17-32(18-21-52)53-27-37(28-6-5-7-29(22-28)45(49)63)35-13-10-31(24-41(35)53)51-44(56)8-3-2-4-19-50-46(57)30-9-14-38-36(23-30)47(58)62-48(38)39-15-11-33(54)25-42(39)61-43-26-34(55)12-16-40(43)48/h5-7,9-16,22-27,32,54-55H,2-4,8,17-21H2,1H3,(H2,49,63)(H,50,57)(H,51,56). The number of anilines is 1. The van der Waals surface area contributed by atoms with Gasteiger partial charge < -0.3 is 40.6 Å². The van der Waals surface area contributed by atoms with E-state index in [9.17, 15) is 33.0 Å². The van der Waals surface area contributed by atoms with Gasteiger partial charge in [0.2, 0.25) is 15.9 Å². The fourth-order valence-electron chi connectivity index (χ4n) is 9.11. The second-order valence-electron chi connectivity index (χ2n) is 16.4. The van der Waals surface area contributed by atoms with Gasteiger partial charge in [0.1, 0.15) is 28.0 Å². The Kier molecular flexibility index (Phi) is 11.1. The summed E-state index contributed by atoms with van der Waals surface area (Å²) in [6.07, 6.45) is 6.79. The maximum atomic E-state index is 13.5. The Labute approximate surface area is 374 Å². The fraction of sp³-hybridized carbons (Fsp3) is 0.250. The Balaban J connectivity index is 0.824. The van der Waals surface area contributed by atoms with Gasteiger partial charge in [-0.15, -0.1) is 0 Å². The topological polar surface area (TPSA) is 203 Å². The second-order valence-corrected chi connectivity index (χ2v) is 18.9. The highest BCUT2D eigenvalue weighted by Gasteiger charge is 2.53. The van der Waals surface area contributed by atoms with Gasteiger partial charge in [0.15, 0.2) is 5.60 Å². The molecule has 5 aromatic carbocycles. The number of piperidine rings is 1. The maximum Gasteiger partial charge on any atom is 0.340 e. The Morgan fingerprint density at radius 2 is 1.55 bits per heavy atom. The zero-order valence-electron chi connectivity index (χ0n) is 34.8. The minimum atomic E-state index is -3.29. The first-order valence-electron chi connectivity index (χ1n) is 21.0. The minimum absolute atomic E-state index is 0.0474. The molecule has 3 aliphatic rings. The summed E-state index contributed by atoms with van der Waals surface area (Å²) in [6, 6.07) is 27.5. The molecule has 16 heteroatoms. The number of fused-ring (bicyclic) bond motifs is 7. The van der Waals surface area contributed by atoms with Crippen molar-refractivity contribution in [3.63, 3.8) is 0 Å². The molecule has 64 heavy (non-hydrogen) atoms. The number of carbonyl (C=O) groups is 3. The van der Waals surface area contributed by atoms with Gasteiger partial charge in [-0.2, -0.15) is 0 Å². The quantitative estimate of drug-likeness (QED) is 0.0464. The van der Waals surface area contributed by atoms with Gasteiger partial charge in [-0.05, 0) is 85.8 Å². The zero-order valence-corrected chi connectivity index (χ0v) is 36.4. The van der Waals surface area contributed by atoms with E-state index in [4.69, 9.17) is 27.4 Å². The van der Waals surface area contributed by atoms with Crippen molar-refractivity contribution in [2.45, 2.75) is 50.2 Å². The van der Waals surface area contributed by atoms with Crippen LogP contribution in [-0.2, 0) is 25.2 Å². The van der Waals surface area contributed by atoms with Crippen LogP contribution in [0.5, 0.6) is 23.0 Å². The van der Waals surface area contributed by atoms with Crippen LogP contribution in [0.25, 0.3) is 22.0 Å². The van der Waals surface area contributed by atoms with Crippen LogP contribution in [0.2, 0.25) is 0 Å². The number of nitrogens with one attached hydrogen (secondary N) is 2. The van der Waals surface area contributed by atoms with Crippen LogP contribution < -0.4 is 21.1 Å². The van der Waals surface area contributed by atoms with Crippen LogP contribution >= 0.6 is 12.2 Å². The third-order valence-corrected chi connectivity index (χ3v) is 13.8. The number of nitrogens with two attached hydrogens (primary N) is 1. The summed E-state index contributed by atoms with van der Waals surface area (Å²) in [7, 11) is -3.29. The Hall–Kier alpha value is -6.75. The number of carbonyl (C=O) groups excluding carboxylic acids is 3. The van der Waals surface area contributed by atoms with Crippen LogP contribution in [0.1, 0.15) is 87.5 Å². The lowest BCUT2D eigenvalue weighted by Crippen LogP contribution is -2.38. The summed E-state index contributed by atoms with van der Waals surface area (Å²) in [5.74, 6) is -0.705. The van der Waals surface area contributed by atoms with E-state index in [0.717, 1.165) is 27.6 Å². The van der Waals surface area contributed by atoms with Crippen molar-refractivity contribution in [3.8, 4) is 34.1 Å². The smallest absolute Gasteiger partial charge is 0.340 e. The summed E-state index contributed by atoms with van der Waals surface area (Å²) in [5, 5.41) is 27.3. The molecule has 3 aliphatic heterocycles. The summed E-state index contributed by atoms with van der Waals surface area (Å²) in [4.78, 5) is 40.2. The molecule has 0 bridgehead atoms.